The Morgan fingerprint density at radius 2 is 2.23 bits per heavy atom. The first-order valence-corrected chi connectivity index (χ1v) is 3.82. The maximum Gasteiger partial charge on any atom is 0.306 e. The maximum atomic E-state index is 10.9. The highest BCUT2D eigenvalue weighted by molar-refractivity contribution is 5.86. The summed E-state index contributed by atoms with van der Waals surface area (Å²) in [5.41, 5.74) is 8.08. The van der Waals surface area contributed by atoms with Crippen LogP contribution in [0.4, 0.5) is 0 Å². The van der Waals surface area contributed by atoms with E-state index in [2.05, 4.69) is 14.8 Å². The van der Waals surface area contributed by atoms with Crippen molar-refractivity contribution in [2.45, 2.75) is 26.3 Å². The lowest BCUT2D eigenvalue weighted by molar-refractivity contribution is -0.144. The Bertz CT molecular complexity index is 243. The molecule has 13 heavy (non-hydrogen) atoms. The molecule has 0 heterocycles. The summed E-state index contributed by atoms with van der Waals surface area (Å²) in [6, 6.07) is -0.941. The summed E-state index contributed by atoms with van der Waals surface area (Å²) in [5, 5.41) is 3.18. The van der Waals surface area contributed by atoms with E-state index >= 15 is 0 Å². The predicted octanol–water partition coefficient (Wildman–Crippen LogP) is 1.21. The van der Waals surface area contributed by atoms with Crippen LogP contribution < -0.4 is 0 Å². The van der Waals surface area contributed by atoms with E-state index in [1.54, 1.807) is 6.92 Å². The number of carbonyl (C=O) groups is 2. The second-order valence-corrected chi connectivity index (χ2v) is 2.34. The van der Waals surface area contributed by atoms with E-state index in [9.17, 15) is 9.59 Å². The van der Waals surface area contributed by atoms with Crippen LogP contribution in [0, 0.1) is 0 Å². The SMILES string of the molecule is CCOC(=O)CC(N=[N+]=[N-])C(C)=O. The average Bonchev–Trinajstić information content (AvgIpc) is 2.04. The van der Waals surface area contributed by atoms with Gasteiger partial charge in [-0.15, -0.1) is 0 Å². The van der Waals surface area contributed by atoms with Gasteiger partial charge in [0.1, 0.15) is 11.8 Å². The monoisotopic (exact) mass is 185 g/mol. The quantitative estimate of drug-likeness (QED) is 0.279. The number of carbonyl (C=O) groups excluding carboxylic acids is 2. The van der Waals surface area contributed by atoms with Crippen molar-refractivity contribution in [3.63, 3.8) is 0 Å². The zero-order valence-electron chi connectivity index (χ0n) is 7.56. The maximum absolute atomic E-state index is 10.9. The third-order valence-corrected chi connectivity index (χ3v) is 1.33. The summed E-state index contributed by atoms with van der Waals surface area (Å²) in [5.74, 6) is -0.874. The molecular formula is C7H11N3O3. The Morgan fingerprint density at radius 3 is 2.62 bits per heavy atom. The van der Waals surface area contributed by atoms with Crippen molar-refractivity contribution in [2.75, 3.05) is 6.61 Å². The summed E-state index contributed by atoms with van der Waals surface area (Å²) < 4.78 is 4.59. The highest BCUT2D eigenvalue weighted by Gasteiger charge is 2.17. The molecule has 0 aliphatic carbocycles. The summed E-state index contributed by atoms with van der Waals surface area (Å²) in [6.45, 7) is 3.17. The number of Topliss-reactive ketones (excluding diaryl/α,β-unsaturated/α-hetero) is 1. The van der Waals surface area contributed by atoms with Gasteiger partial charge in [0.2, 0.25) is 0 Å². The van der Waals surface area contributed by atoms with Gasteiger partial charge in [-0.05, 0) is 19.4 Å². The van der Waals surface area contributed by atoms with E-state index in [0.717, 1.165) is 0 Å². The Morgan fingerprint density at radius 1 is 1.62 bits per heavy atom. The number of hydrogen-bond donors (Lipinski definition) is 0. The molecule has 0 aromatic heterocycles. The van der Waals surface area contributed by atoms with Crippen LogP contribution in [-0.4, -0.2) is 24.4 Å². The Labute approximate surface area is 75.5 Å². The van der Waals surface area contributed by atoms with Gasteiger partial charge in [-0.3, -0.25) is 9.59 Å². The molecule has 0 saturated heterocycles. The van der Waals surface area contributed by atoms with Gasteiger partial charge in [0, 0.05) is 4.91 Å². The van der Waals surface area contributed by atoms with Crippen LogP contribution in [0.3, 0.4) is 0 Å². The van der Waals surface area contributed by atoms with E-state index in [0.29, 0.717) is 0 Å². The van der Waals surface area contributed by atoms with Crippen molar-refractivity contribution in [3.05, 3.63) is 10.4 Å². The summed E-state index contributed by atoms with van der Waals surface area (Å²) >= 11 is 0. The molecule has 0 radical (unpaired) electrons. The van der Waals surface area contributed by atoms with Crippen LogP contribution in [0.15, 0.2) is 5.11 Å². The second-order valence-electron chi connectivity index (χ2n) is 2.34. The minimum atomic E-state index is -0.941. The van der Waals surface area contributed by atoms with Gasteiger partial charge in [0.15, 0.2) is 0 Å². The lowest BCUT2D eigenvalue weighted by Gasteiger charge is -2.05. The zero-order chi connectivity index (χ0) is 10.3. The van der Waals surface area contributed by atoms with Gasteiger partial charge >= 0.3 is 5.97 Å². The number of rotatable bonds is 5. The van der Waals surface area contributed by atoms with Crippen LogP contribution in [-0.2, 0) is 14.3 Å². The molecule has 0 aromatic rings. The van der Waals surface area contributed by atoms with E-state index in [1.807, 2.05) is 0 Å². The topological polar surface area (TPSA) is 92.1 Å². The molecule has 0 spiro atoms. The number of azide groups is 1. The van der Waals surface area contributed by atoms with Gasteiger partial charge in [0.05, 0.1) is 13.0 Å². The molecule has 0 N–H and O–H groups in total. The van der Waals surface area contributed by atoms with Gasteiger partial charge in [-0.25, -0.2) is 0 Å². The Balaban J connectivity index is 4.18. The first-order chi connectivity index (χ1) is 6.11. The third kappa shape index (κ3) is 4.81. The molecule has 0 aliphatic rings. The fourth-order valence-electron chi connectivity index (χ4n) is 0.706. The van der Waals surface area contributed by atoms with Crippen molar-refractivity contribution in [1.82, 2.24) is 0 Å². The second kappa shape index (κ2) is 6.02. The molecule has 0 bridgehead atoms. The molecule has 0 amide bonds. The lowest BCUT2D eigenvalue weighted by atomic mass is 10.1. The van der Waals surface area contributed by atoms with Crippen LogP contribution in [0.25, 0.3) is 10.4 Å². The van der Waals surface area contributed by atoms with Crippen molar-refractivity contribution in [3.8, 4) is 0 Å². The van der Waals surface area contributed by atoms with Crippen LogP contribution in [0.5, 0.6) is 0 Å². The highest BCUT2D eigenvalue weighted by Crippen LogP contribution is 2.01. The molecule has 72 valence electrons. The molecular weight excluding hydrogens is 174 g/mol. The van der Waals surface area contributed by atoms with E-state index in [4.69, 9.17) is 5.53 Å². The minimum Gasteiger partial charge on any atom is -0.466 e. The largest absolute Gasteiger partial charge is 0.466 e. The normalized spacial score (nSPS) is 11.2. The Kier molecular flexibility index (Phi) is 5.30. The standard InChI is InChI=1S/C7H11N3O3/c1-3-13-7(12)4-6(5(2)11)9-10-8/h6H,3-4H2,1-2H3. The summed E-state index contributed by atoms with van der Waals surface area (Å²) in [4.78, 5) is 24.1. The number of nitrogens with zero attached hydrogens (tertiary/aromatic N) is 3. The fraction of sp³-hybridized carbons (Fsp3) is 0.714. The number of hydrogen-bond acceptors (Lipinski definition) is 4. The van der Waals surface area contributed by atoms with E-state index < -0.39 is 12.0 Å². The minimum absolute atomic E-state index is 0.187. The molecule has 0 fully saturated rings. The smallest absolute Gasteiger partial charge is 0.306 e. The lowest BCUT2D eigenvalue weighted by Crippen LogP contribution is -2.20. The van der Waals surface area contributed by atoms with Crippen LogP contribution >= 0.6 is 0 Å². The molecule has 0 aromatic carbocycles. The Hall–Kier alpha value is -1.55. The first-order valence-electron chi connectivity index (χ1n) is 3.82. The zero-order valence-corrected chi connectivity index (χ0v) is 7.56. The fourth-order valence-corrected chi connectivity index (χ4v) is 0.706. The molecule has 1 unspecified atom stereocenters. The number of esters is 1. The third-order valence-electron chi connectivity index (χ3n) is 1.33. The van der Waals surface area contributed by atoms with Gasteiger partial charge < -0.3 is 4.74 Å². The average molecular weight is 185 g/mol. The van der Waals surface area contributed by atoms with Crippen molar-refractivity contribution in [1.29, 1.82) is 0 Å². The van der Waals surface area contributed by atoms with Crippen molar-refractivity contribution < 1.29 is 14.3 Å². The molecule has 6 nitrogen and oxygen atoms in total. The molecule has 1 atom stereocenters. The number of ketones is 1. The highest BCUT2D eigenvalue weighted by atomic mass is 16.5. The van der Waals surface area contributed by atoms with E-state index in [-0.39, 0.29) is 18.8 Å². The van der Waals surface area contributed by atoms with Crippen LogP contribution in [0.2, 0.25) is 0 Å². The summed E-state index contributed by atoms with van der Waals surface area (Å²) in [7, 11) is 0. The van der Waals surface area contributed by atoms with Gasteiger partial charge in [-0.1, -0.05) is 5.11 Å². The van der Waals surface area contributed by atoms with Crippen molar-refractivity contribution in [2.24, 2.45) is 5.11 Å². The van der Waals surface area contributed by atoms with Gasteiger partial charge in [0.25, 0.3) is 0 Å². The number of ether oxygens (including phenoxy) is 1. The van der Waals surface area contributed by atoms with Gasteiger partial charge in [-0.2, -0.15) is 0 Å². The molecule has 0 aliphatic heterocycles. The van der Waals surface area contributed by atoms with E-state index in [1.165, 1.54) is 6.92 Å². The van der Waals surface area contributed by atoms with Crippen molar-refractivity contribution >= 4 is 11.8 Å². The molecule has 6 heteroatoms. The molecule has 0 rings (SSSR count). The van der Waals surface area contributed by atoms with Crippen LogP contribution in [0.1, 0.15) is 20.3 Å². The summed E-state index contributed by atoms with van der Waals surface area (Å²) in [6.07, 6.45) is -0.187. The predicted molar refractivity (Wildman–Crippen MR) is 44.9 cm³/mol. The molecule has 0 saturated carbocycles. The first kappa shape index (κ1) is 11.4.